The third-order valence-corrected chi connectivity index (χ3v) is 5.20. The van der Waals surface area contributed by atoms with Gasteiger partial charge in [-0.2, -0.15) is 5.26 Å². The lowest BCUT2D eigenvalue weighted by Crippen LogP contribution is -2.11. The summed E-state index contributed by atoms with van der Waals surface area (Å²) >= 11 is 0. The number of aryl methyl sites for hydroxylation is 1. The monoisotopic (exact) mass is 372 g/mol. The second-order valence-electron chi connectivity index (χ2n) is 6.63. The molecule has 2 N–H and O–H groups in total. The van der Waals surface area contributed by atoms with Gasteiger partial charge in [-0.25, -0.2) is 4.98 Å². The van der Waals surface area contributed by atoms with Crippen molar-refractivity contribution in [1.29, 1.82) is 5.26 Å². The molecule has 0 spiro atoms. The van der Waals surface area contributed by atoms with E-state index in [1.165, 1.54) is 5.56 Å². The molecule has 5 rings (SSSR count). The van der Waals surface area contributed by atoms with Gasteiger partial charge in [-0.3, -0.25) is 4.98 Å². The van der Waals surface area contributed by atoms with E-state index in [9.17, 15) is 5.26 Å². The number of aromatic nitrogens is 2. The van der Waals surface area contributed by atoms with Crippen LogP contribution >= 0.6 is 0 Å². The van der Waals surface area contributed by atoms with Crippen LogP contribution in [0, 0.1) is 11.3 Å². The van der Waals surface area contributed by atoms with E-state index in [1.807, 2.05) is 18.2 Å². The highest BCUT2D eigenvalue weighted by atomic mass is 16.7. The number of hydrogen-bond acceptors (Lipinski definition) is 7. The Morgan fingerprint density at radius 3 is 2.96 bits per heavy atom. The van der Waals surface area contributed by atoms with Crippen LogP contribution in [0.2, 0.25) is 0 Å². The van der Waals surface area contributed by atoms with Crippen LogP contribution in [0.1, 0.15) is 16.7 Å². The number of benzene rings is 1. The summed E-state index contributed by atoms with van der Waals surface area (Å²) in [5, 5.41) is 9.81. The number of pyridine rings is 2. The van der Waals surface area contributed by atoms with Crippen LogP contribution in [0.5, 0.6) is 17.2 Å². The Kier molecular flexibility index (Phi) is 3.59. The fourth-order valence-corrected chi connectivity index (χ4v) is 3.93. The van der Waals surface area contributed by atoms with Gasteiger partial charge in [0, 0.05) is 23.5 Å². The van der Waals surface area contributed by atoms with Gasteiger partial charge in [0.2, 0.25) is 12.5 Å². The van der Waals surface area contributed by atoms with E-state index in [1.54, 1.807) is 19.5 Å². The van der Waals surface area contributed by atoms with E-state index < -0.39 is 0 Å². The molecule has 0 saturated heterocycles. The maximum Gasteiger partial charge on any atom is 0.231 e. The van der Waals surface area contributed by atoms with Gasteiger partial charge in [0.1, 0.15) is 17.5 Å². The highest BCUT2D eigenvalue weighted by molar-refractivity contribution is 5.87. The number of nitrogens with zero attached hydrogens (tertiary/aromatic N) is 3. The van der Waals surface area contributed by atoms with Crippen molar-refractivity contribution >= 4 is 5.82 Å². The van der Waals surface area contributed by atoms with E-state index in [0.717, 1.165) is 40.8 Å². The first-order valence-electron chi connectivity index (χ1n) is 8.85. The lowest BCUT2D eigenvalue weighted by atomic mass is 9.84. The third kappa shape index (κ3) is 2.28. The lowest BCUT2D eigenvalue weighted by molar-refractivity contribution is 0.171. The van der Waals surface area contributed by atoms with Crippen LogP contribution in [-0.2, 0) is 12.8 Å². The Bertz CT molecular complexity index is 1170. The molecule has 3 aromatic rings. The maximum atomic E-state index is 9.81. The first-order valence-corrected chi connectivity index (χ1v) is 8.85. The number of ether oxygens (including phenoxy) is 3. The largest absolute Gasteiger partial charge is 0.493 e. The molecular formula is C21H16N4O3. The zero-order valence-electron chi connectivity index (χ0n) is 15.2. The number of anilines is 1. The van der Waals surface area contributed by atoms with Crippen molar-refractivity contribution in [3.8, 4) is 45.7 Å². The van der Waals surface area contributed by atoms with Gasteiger partial charge in [0.25, 0.3) is 0 Å². The van der Waals surface area contributed by atoms with Crippen LogP contribution < -0.4 is 19.9 Å². The number of methoxy groups -OCH3 is 1. The average Bonchev–Trinajstić information content (AvgIpc) is 3.20. The van der Waals surface area contributed by atoms with E-state index in [2.05, 4.69) is 16.0 Å². The topological polar surface area (TPSA) is 103 Å². The van der Waals surface area contributed by atoms with Gasteiger partial charge in [-0.05, 0) is 47.7 Å². The summed E-state index contributed by atoms with van der Waals surface area (Å²) in [5.41, 5.74) is 12.0. The van der Waals surface area contributed by atoms with E-state index in [0.29, 0.717) is 22.8 Å². The number of nitrogen functional groups attached to an aromatic ring is 1. The SMILES string of the molecule is COc1cc(-c2c(C#N)c(N)nc3c2CCc2ccncc2-3)cc2c1OCO2. The van der Waals surface area contributed by atoms with Crippen molar-refractivity contribution in [2.45, 2.75) is 12.8 Å². The van der Waals surface area contributed by atoms with Gasteiger partial charge in [-0.1, -0.05) is 0 Å². The normalized spacial score (nSPS) is 13.4. The summed E-state index contributed by atoms with van der Waals surface area (Å²) in [7, 11) is 1.57. The summed E-state index contributed by atoms with van der Waals surface area (Å²) in [5.74, 6) is 1.90. The number of fused-ring (bicyclic) bond motifs is 4. The molecule has 138 valence electrons. The Morgan fingerprint density at radius 2 is 2.14 bits per heavy atom. The molecule has 0 amide bonds. The second kappa shape index (κ2) is 6.13. The highest BCUT2D eigenvalue weighted by Gasteiger charge is 2.28. The van der Waals surface area contributed by atoms with Crippen molar-refractivity contribution in [1.82, 2.24) is 9.97 Å². The van der Waals surface area contributed by atoms with Crippen LogP contribution in [0.25, 0.3) is 22.4 Å². The third-order valence-electron chi connectivity index (χ3n) is 5.20. The van der Waals surface area contributed by atoms with Gasteiger partial charge in [0.15, 0.2) is 11.5 Å². The van der Waals surface area contributed by atoms with Gasteiger partial charge in [0.05, 0.1) is 12.8 Å². The minimum Gasteiger partial charge on any atom is -0.493 e. The van der Waals surface area contributed by atoms with Crippen molar-refractivity contribution in [3.05, 3.63) is 47.3 Å². The lowest BCUT2D eigenvalue weighted by Gasteiger charge is -2.23. The minimum absolute atomic E-state index is 0.135. The Labute approximate surface area is 161 Å². The van der Waals surface area contributed by atoms with Gasteiger partial charge in [-0.15, -0.1) is 0 Å². The molecule has 0 unspecified atom stereocenters. The number of rotatable bonds is 2. The van der Waals surface area contributed by atoms with Crippen molar-refractivity contribution in [3.63, 3.8) is 0 Å². The minimum atomic E-state index is 0.135. The molecule has 2 aromatic heterocycles. The fraction of sp³-hybridized carbons (Fsp3) is 0.190. The Hall–Kier alpha value is -3.79. The summed E-state index contributed by atoms with van der Waals surface area (Å²) in [6, 6.07) is 7.93. The standard InChI is InChI=1S/C21H16N4O3/c1-26-16-6-12(7-17-20(16)28-10-27-17)18-13-3-2-11-4-5-24-9-15(11)19(13)25-21(23)14(18)8-22/h4-7,9H,2-3,10H2,1H3,(H2,23,25). The molecule has 0 fully saturated rings. The molecule has 1 aliphatic heterocycles. The predicted octanol–water partition coefficient (Wildman–Crippen LogP) is 3.10. The van der Waals surface area contributed by atoms with Crippen LogP contribution in [-0.4, -0.2) is 23.9 Å². The first-order chi connectivity index (χ1) is 13.7. The predicted molar refractivity (Wildman–Crippen MR) is 102 cm³/mol. The van der Waals surface area contributed by atoms with Gasteiger partial charge >= 0.3 is 0 Å². The molecule has 3 heterocycles. The molecule has 28 heavy (non-hydrogen) atoms. The Morgan fingerprint density at radius 1 is 1.25 bits per heavy atom. The second-order valence-corrected chi connectivity index (χ2v) is 6.63. The van der Waals surface area contributed by atoms with Crippen molar-refractivity contribution in [2.75, 3.05) is 19.6 Å². The molecular weight excluding hydrogens is 356 g/mol. The van der Waals surface area contributed by atoms with Crippen LogP contribution in [0.4, 0.5) is 5.82 Å². The Balaban J connectivity index is 1.82. The fourth-order valence-electron chi connectivity index (χ4n) is 3.93. The van der Waals surface area contributed by atoms with Crippen molar-refractivity contribution < 1.29 is 14.2 Å². The van der Waals surface area contributed by atoms with Crippen LogP contribution in [0.3, 0.4) is 0 Å². The maximum absolute atomic E-state index is 9.81. The molecule has 1 aliphatic carbocycles. The highest BCUT2D eigenvalue weighted by Crippen LogP contribution is 2.47. The average molecular weight is 372 g/mol. The zero-order valence-corrected chi connectivity index (χ0v) is 15.2. The summed E-state index contributed by atoms with van der Waals surface area (Å²) < 4.78 is 16.5. The molecule has 0 bridgehead atoms. The summed E-state index contributed by atoms with van der Waals surface area (Å²) in [6.45, 7) is 0.135. The molecule has 0 atom stereocenters. The molecule has 7 nitrogen and oxygen atoms in total. The molecule has 1 aromatic carbocycles. The summed E-state index contributed by atoms with van der Waals surface area (Å²) in [6.07, 6.45) is 5.17. The van der Waals surface area contributed by atoms with E-state index in [-0.39, 0.29) is 12.6 Å². The molecule has 2 aliphatic rings. The molecule has 0 saturated carbocycles. The first kappa shape index (κ1) is 16.4. The van der Waals surface area contributed by atoms with Gasteiger partial charge < -0.3 is 19.9 Å². The molecule has 0 radical (unpaired) electrons. The number of nitrogens with two attached hydrogens (primary N) is 1. The zero-order chi connectivity index (χ0) is 19.3. The van der Waals surface area contributed by atoms with E-state index >= 15 is 0 Å². The van der Waals surface area contributed by atoms with E-state index in [4.69, 9.17) is 19.9 Å². The van der Waals surface area contributed by atoms with Crippen LogP contribution in [0.15, 0.2) is 30.6 Å². The van der Waals surface area contributed by atoms with Crippen molar-refractivity contribution in [2.24, 2.45) is 0 Å². The number of hydrogen-bond donors (Lipinski definition) is 1. The number of nitriles is 1. The smallest absolute Gasteiger partial charge is 0.231 e. The summed E-state index contributed by atoms with van der Waals surface area (Å²) in [4.78, 5) is 8.80. The quantitative estimate of drug-likeness (QED) is 0.737. The molecule has 7 heteroatoms.